The van der Waals surface area contributed by atoms with Crippen molar-refractivity contribution in [1.29, 1.82) is 0 Å². The Balaban J connectivity index is 3.03. The van der Waals surface area contributed by atoms with Gasteiger partial charge in [0.2, 0.25) is 0 Å². The van der Waals surface area contributed by atoms with E-state index in [2.05, 4.69) is 38.9 Å². The number of hydrogen-bond donors (Lipinski definition) is 1. The molecule has 1 aromatic rings. The Morgan fingerprint density at radius 2 is 2.07 bits per heavy atom. The lowest BCUT2D eigenvalue weighted by atomic mass is 9.83. The molecule has 0 aliphatic rings. The molecule has 1 aromatic heterocycles. The Bertz CT molecular complexity index is 320. The van der Waals surface area contributed by atoms with Gasteiger partial charge in [-0.2, -0.15) is 0 Å². The first kappa shape index (κ1) is 13.0. The molecular weight excluding hydrogens is 228 g/mol. The van der Waals surface area contributed by atoms with Crippen LogP contribution in [-0.4, -0.2) is 25.5 Å². The first-order valence-corrected chi connectivity index (χ1v) is 6.19. The summed E-state index contributed by atoms with van der Waals surface area (Å²) in [4.78, 5) is 3.48. The topological polar surface area (TPSA) is 29.3 Å². The van der Waals surface area contributed by atoms with Crippen molar-refractivity contribution in [3.8, 4) is 0 Å². The van der Waals surface area contributed by atoms with Crippen molar-refractivity contribution >= 4 is 22.9 Å². The highest BCUT2D eigenvalue weighted by Gasteiger charge is 2.32. The average molecular weight is 247 g/mol. The third-order valence-corrected chi connectivity index (χ3v) is 3.93. The first-order valence-electron chi connectivity index (χ1n) is 5.00. The van der Waals surface area contributed by atoms with Crippen LogP contribution in [0.3, 0.4) is 0 Å². The van der Waals surface area contributed by atoms with Crippen LogP contribution in [0.2, 0.25) is 4.34 Å². The van der Waals surface area contributed by atoms with Crippen molar-refractivity contribution < 1.29 is 0 Å². The summed E-state index contributed by atoms with van der Waals surface area (Å²) in [6.45, 7) is 5.03. The van der Waals surface area contributed by atoms with Gasteiger partial charge in [-0.05, 0) is 38.2 Å². The third kappa shape index (κ3) is 2.94. The van der Waals surface area contributed by atoms with E-state index in [1.54, 1.807) is 11.3 Å². The van der Waals surface area contributed by atoms with E-state index in [1.807, 2.05) is 6.07 Å². The van der Waals surface area contributed by atoms with Gasteiger partial charge in [0.25, 0.3) is 0 Å². The molecule has 86 valence electrons. The molecule has 1 unspecified atom stereocenters. The number of halogens is 1. The maximum atomic E-state index is 5.97. The van der Waals surface area contributed by atoms with Gasteiger partial charge in [-0.1, -0.05) is 25.4 Å². The van der Waals surface area contributed by atoms with E-state index in [-0.39, 0.29) is 5.41 Å². The molecule has 0 bridgehead atoms. The van der Waals surface area contributed by atoms with Crippen LogP contribution in [0.4, 0.5) is 0 Å². The van der Waals surface area contributed by atoms with E-state index < -0.39 is 0 Å². The van der Waals surface area contributed by atoms with Gasteiger partial charge in [-0.15, -0.1) is 11.3 Å². The standard InChI is InChI=1S/C11H19ClN2S/c1-11(2,7-13)10(14(3)4)8-5-6-9(12)15-8/h5-6,10H,7,13H2,1-4H3. The molecular formula is C11H19ClN2S. The molecule has 2 nitrogen and oxygen atoms in total. The number of rotatable bonds is 4. The number of hydrogen-bond acceptors (Lipinski definition) is 3. The normalized spacial score (nSPS) is 14.6. The van der Waals surface area contributed by atoms with Crippen LogP contribution in [0.5, 0.6) is 0 Å². The summed E-state index contributed by atoms with van der Waals surface area (Å²) in [7, 11) is 4.16. The van der Waals surface area contributed by atoms with Crippen molar-refractivity contribution in [3.05, 3.63) is 21.3 Å². The van der Waals surface area contributed by atoms with Crippen molar-refractivity contribution in [3.63, 3.8) is 0 Å². The Hall–Kier alpha value is -0.0900. The third-order valence-electron chi connectivity index (χ3n) is 2.65. The fourth-order valence-corrected chi connectivity index (χ4v) is 3.39. The molecule has 0 amide bonds. The molecule has 15 heavy (non-hydrogen) atoms. The Morgan fingerprint density at radius 3 is 2.40 bits per heavy atom. The fourth-order valence-electron chi connectivity index (χ4n) is 1.93. The van der Waals surface area contributed by atoms with E-state index in [0.717, 1.165) is 4.34 Å². The Labute approximate surface area is 101 Å². The second kappa shape index (κ2) is 4.83. The van der Waals surface area contributed by atoms with Crippen molar-refractivity contribution in [2.45, 2.75) is 19.9 Å². The largest absolute Gasteiger partial charge is 0.330 e. The van der Waals surface area contributed by atoms with Gasteiger partial charge in [-0.3, -0.25) is 0 Å². The zero-order valence-electron chi connectivity index (χ0n) is 9.75. The zero-order chi connectivity index (χ0) is 11.6. The lowest BCUT2D eigenvalue weighted by molar-refractivity contribution is 0.146. The lowest BCUT2D eigenvalue weighted by Crippen LogP contribution is -2.38. The molecule has 0 saturated carbocycles. The second-order valence-corrected chi connectivity index (χ2v) is 6.45. The zero-order valence-corrected chi connectivity index (χ0v) is 11.3. The Kier molecular flexibility index (Phi) is 4.18. The van der Waals surface area contributed by atoms with Crippen LogP contribution >= 0.6 is 22.9 Å². The monoisotopic (exact) mass is 246 g/mol. The van der Waals surface area contributed by atoms with Gasteiger partial charge in [0.05, 0.1) is 4.34 Å². The number of thiophene rings is 1. The average Bonchev–Trinajstić information content (AvgIpc) is 2.51. The van der Waals surface area contributed by atoms with E-state index in [9.17, 15) is 0 Å². The summed E-state index contributed by atoms with van der Waals surface area (Å²) in [6, 6.07) is 4.36. The molecule has 1 heterocycles. The molecule has 0 spiro atoms. The number of nitrogens with zero attached hydrogens (tertiary/aromatic N) is 1. The highest BCUT2D eigenvalue weighted by molar-refractivity contribution is 7.16. The van der Waals surface area contributed by atoms with Crippen LogP contribution in [-0.2, 0) is 0 Å². The molecule has 0 radical (unpaired) electrons. The SMILES string of the molecule is CN(C)C(c1ccc(Cl)s1)C(C)(C)CN. The number of nitrogens with two attached hydrogens (primary N) is 1. The summed E-state index contributed by atoms with van der Waals surface area (Å²) in [6.07, 6.45) is 0. The van der Waals surface area contributed by atoms with Crippen LogP contribution < -0.4 is 5.73 Å². The summed E-state index contributed by atoms with van der Waals surface area (Å²) < 4.78 is 0.838. The smallest absolute Gasteiger partial charge is 0.0931 e. The molecule has 0 fully saturated rings. The van der Waals surface area contributed by atoms with Crippen LogP contribution in [0.25, 0.3) is 0 Å². The van der Waals surface area contributed by atoms with Gasteiger partial charge in [0, 0.05) is 10.9 Å². The van der Waals surface area contributed by atoms with Crippen molar-refractivity contribution in [1.82, 2.24) is 4.90 Å². The van der Waals surface area contributed by atoms with Gasteiger partial charge in [0.1, 0.15) is 0 Å². The summed E-state index contributed by atoms with van der Waals surface area (Å²) in [5, 5.41) is 0. The molecule has 1 atom stereocenters. The molecule has 0 aliphatic heterocycles. The summed E-state index contributed by atoms with van der Waals surface area (Å²) in [5.74, 6) is 0. The van der Waals surface area contributed by atoms with Crippen molar-refractivity contribution in [2.75, 3.05) is 20.6 Å². The lowest BCUT2D eigenvalue weighted by Gasteiger charge is -2.37. The molecule has 2 N–H and O–H groups in total. The minimum Gasteiger partial charge on any atom is -0.330 e. The molecule has 0 aliphatic carbocycles. The Morgan fingerprint density at radius 1 is 1.47 bits per heavy atom. The van der Waals surface area contributed by atoms with Gasteiger partial charge in [-0.25, -0.2) is 0 Å². The molecule has 0 aromatic carbocycles. The molecule has 1 rings (SSSR count). The van der Waals surface area contributed by atoms with Gasteiger partial charge >= 0.3 is 0 Å². The highest BCUT2D eigenvalue weighted by atomic mass is 35.5. The summed E-state index contributed by atoms with van der Waals surface area (Å²) in [5.41, 5.74) is 5.89. The van der Waals surface area contributed by atoms with E-state index in [1.165, 1.54) is 4.88 Å². The van der Waals surface area contributed by atoms with E-state index in [4.69, 9.17) is 17.3 Å². The van der Waals surface area contributed by atoms with Gasteiger partial charge in [0.15, 0.2) is 0 Å². The maximum absolute atomic E-state index is 5.97. The van der Waals surface area contributed by atoms with E-state index >= 15 is 0 Å². The predicted molar refractivity (Wildman–Crippen MR) is 68.6 cm³/mol. The molecule has 4 heteroatoms. The predicted octanol–water partition coefficient (Wildman–Crippen LogP) is 2.99. The fraction of sp³-hybridized carbons (Fsp3) is 0.636. The van der Waals surface area contributed by atoms with Crippen LogP contribution in [0, 0.1) is 5.41 Å². The highest BCUT2D eigenvalue weighted by Crippen LogP contribution is 2.40. The van der Waals surface area contributed by atoms with Crippen LogP contribution in [0.1, 0.15) is 24.8 Å². The summed E-state index contributed by atoms with van der Waals surface area (Å²) >= 11 is 7.61. The van der Waals surface area contributed by atoms with E-state index in [0.29, 0.717) is 12.6 Å². The van der Waals surface area contributed by atoms with Crippen molar-refractivity contribution in [2.24, 2.45) is 11.1 Å². The quantitative estimate of drug-likeness (QED) is 0.885. The molecule has 0 saturated heterocycles. The minimum absolute atomic E-state index is 0.0533. The second-order valence-electron chi connectivity index (χ2n) is 4.70. The minimum atomic E-state index is 0.0533. The van der Waals surface area contributed by atoms with Crippen LogP contribution in [0.15, 0.2) is 12.1 Å². The first-order chi connectivity index (χ1) is 6.88. The maximum Gasteiger partial charge on any atom is 0.0931 e. The van der Waals surface area contributed by atoms with Gasteiger partial charge < -0.3 is 10.6 Å².